The van der Waals surface area contributed by atoms with Gasteiger partial charge in [-0.3, -0.25) is 4.98 Å². The normalized spacial score (nSPS) is 11.9. The van der Waals surface area contributed by atoms with Crippen molar-refractivity contribution in [3.8, 4) is 0 Å². The van der Waals surface area contributed by atoms with Crippen LogP contribution in [0.2, 0.25) is 0 Å². The van der Waals surface area contributed by atoms with Crippen molar-refractivity contribution in [1.82, 2.24) is 9.29 Å². The van der Waals surface area contributed by atoms with Gasteiger partial charge in [-0.25, -0.2) is 12.7 Å². The summed E-state index contributed by atoms with van der Waals surface area (Å²) in [6.45, 7) is 4.78. The molecule has 0 saturated heterocycles. The van der Waals surface area contributed by atoms with Gasteiger partial charge in [0.15, 0.2) is 0 Å². The Kier molecular flexibility index (Phi) is 4.89. The van der Waals surface area contributed by atoms with Gasteiger partial charge in [0, 0.05) is 25.5 Å². The number of hydrogen-bond acceptors (Lipinski definition) is 3. The van der Waals surface area contributed by atoms with Gasteiger partial charge in [0.2, 0.25) is 10.0 Å². The van der Waals surface area contributed by atoms with Gasteiger partial charge < -0.3 is 0 Å². The molecule has 0 aliphatic carbocycles. The van der Waals surface area contributed by atoms with E-state index in [1.165, 1.54) is 4.31 Å². The summed E-state index contributed by atoms with van der Waals surface area (Å²) >= 11 is 0. The van der Waals surface area contributed by atoms with Gasteiger partial charge >= 0.3 is 0 Å². The first-order valence-electron chi connectivity index (χ1n) is 5.47. The summed E-state index contributed by atoms with van der Waals surface area (Å²) < 4.78 is 25.2. The molecule has 0 saturated carbocycles. The molecule has 16 heavy (non-hydrogen) atoms. The van der Waals surface area contributed by atoms with Crippen molar-refractivity contribution in [2.24, 2.45) is 0 Å². The molecular formula is C11H18N2O2S. The number of sulfonamides is 1. The van der Waals surface area contributed by atoms with E-state index >= 15 is 0 Å². The molecule has 5 heteroatoms. The number of nitrogens with zero attached hydrogens (tertiary/aromatic N) is 2. The van der Waals surface area contributed by atoms with Gasteiger partial charge in [0.05, 0.1) is 5.75 Å². The van der Waals surface area contributed by atoms with Crippen molar-refractivity contribution in [2.45, 2.75) is 20.3 Å². The minimum Gasteiger partial charge on any atom is -0.265 e. The molecule has 1 rings (SSSR count). The van der Waals surface area contributed by atoms with E-state index in [0.29, 0.717) is 19.5 Å². The third kappa shape index (κ3) is 3.57. The number of rotatable bonds is 6. The fourth-order valence-electron chi connectivity index (χ4n) is 1.54. The van der Waals surface area contributed by atoms with Gasteiger partial charge in [0.1, 0.15) is 0 Å². The summed E-state index contributed by atoms with van der Waals surface area (Å²) in [6, 6.07) is 3.69. The van der Waals surface area contributed by atoms with Crippen LogP contribution in [0.5, 0.6) is 0 Å². The van der Waals surface area contributed by atoms with Gasteiger partial charge in [-0.1, -0.05) is 13.8 Å². The predicted octanol–water partition coefficient (Wildman–Crippen LogP) is 1.30. The Morgan fingerprint density at radius 2 is 1.75 bits per heavy atom. The van der Waals surface area contributed by atoms with Crippen LogP contribution in [-0.2, 0) is 16.4 Å². The van der Waals surface area contributed by atoms with Gasteiger partial charge in [-0.15, -0.1) is 0 Å². The summed E-state index contributed by atoms with van der Waals surface area (Å²) in [6.07, 6.45) is 3.90. The lowest BCUT2D eigenvalue weighted by Crippen LogP contribution is -2.33. The predicted molar refractivity (Wildman–Crippen MR) is 64.6 cm³/mol. The van der Waals surface area contributed by atoms with E-state index in [-0.39, 0.29) is 5.75 Å². The smallest absolute Gasteiger partial charge is 0.214 e. The Labute approximate surface area is 97.4 Å². The number of aryl methyl sites for hydroxylation is 1. The Bertz CT molecular complexity index is 399. The first-order chi connectivity index (χ1) is 7.60. The standard InChI is InChI=1S/C11H18N2O2S/c1-3-13(4-2)16(14,15)10-7-11-5-8-12-9-6-11/h5-6,8-9H,3-4,7,10H2,1-2H3. The largest absolute Gasteiger partial charge is 0.265 e. The van der Waals surface area contributed by atoms with Crippen LogP contribution in [0.4, 0.5) is 0 Å². The second kappa shape index (κ2) is 5.96. The Hall–Kier alpha value is -0.940. The quantitative estimate of drug-likeness (QED) is 0.755. The van der Waals surface area contributed by atoms with Crippen molar-refractivity contribution in [1.29, 1.82) is 0 Å². The van der Waals surface area contributed by atoms with E-state index in [1.807, 2.05) is 26.0 Å². The second-order valence-electron chi connectivity index (χ2n) is 3.51. The molecule has 0 atom stereocenters. The highest BCUT2D eigenvalue weighted by Crippen LogP contribution is 2.05. The van der Waals surface area contributed by atoms with Crippen molar-refractivity contribution in [3.63, 3.8) is 0 Å². The topological polar surface area (TPSA) is 50.3 Å². The summed E-state index contributed by atoms with van der Waals surface area (Å²) in [5, 5.41) is 0. The third-order valence-electron chi connectivity index (χ3n) is 2.50. The molecule has 0 N–H and O–H groups in total. The minimum absolute atomic E-state index is 0.165. The maximum Gasteiger partial charge on any atom is 0.214 e. The van der Waals surface area contributed by atoms with E-state index in [0.717, 1.165) is 5.56 Å². The van der Waals surface area contributed by atoms with E-state index in [9.17, 15) is 8.42 Å². The molecule has 4 nitrogen and oxygen atoms in total. The molecule has 1 heterocycles. The number of pyridine rings is 1. The summed E-state index contributed by atoms with van der Waals surface area (Å²) in [5.74, 6) is 0.165. The highest BCUT2D eigenvalue weighted by Gasteiger charge is 2.17. The minimum atomic E-state index is -3.11. The van der Waals surface area contributed by atoms with Gasteiger partial charge in [-0.2, -0.15) is 0 Å². The van der Waals surface area contributed by atoms with Crippen LogP contribution in [0.3, 0.4) is 0 Å². The van der Waals surface area contributed by atoms with Crippen molar-refractivity contribution >= 4 is 10.0 Å². The van der Waals surface area contributed by atoms with Crippen LogP contribution in [0, 0.1) is 0 Å². The molecule has 0 unspecified atom stereocenters. The molecular weight excluding hydrogens is 224 g/mol. The van der Waals surface area contributed by atoms with Crippen LogP contribution in [0.15, 0.2) is 24.5 Å². The molecule has 0 fully saturated rings. The first kappa shape index (κ1) is 13.1. The zero-order chi connectivity index (χ0) is 12.0. The number of hydrogen-bond donors (Lipinski definition) is 0. The van der Waals surface area contributed by atoms with Crippen LogP contribution in [0.1, 0.15) is 19.4 Å². The lowest BCUT2D eigenvalue weighted by atomic mass is 10.2. The highest BCUT2D eigenvalue weighted by atomic mass is 32.2. The van der Waals surface area contributed by atoms with E-state index in [4.69, 9.17) is 0 Å². The SMILES string of the molecule is CCN(CC)S(=O)(=O)CCc1ccncc1. The lowest BCUT2D eigenvalue weighted by molar-refractivity contribution is 0.445. The molecule has 0 aliphatic rings. The molecule has 0 radical (unpaired) electrons. The Balaban J connectivity index is 2.61. The van der Waals surface area contributed by atoms with E-state index < -0.39 is 10.0 Å². The van der Waals surface area contributed by atoms with Crippen molar-refractivity contribution < 1.29 is 8.42 Å². The van der Waals surface area contributed by atoms with E-state index in [2.05, 4.69) is 4.98 Å². The second-order valence-corrected chi connectivity index (χ2v) is 5.59. The molecule has 0 spiro atoms. The fourth-order valence-corrected chi connectivity index (χ4v) is 3.08. The average Bonchev–Trinajstić information content (AvgIpc) is 2.29. The van der Waals surface area contributed by atoms with Crippen LogP contribution < -0.4 is 0 Å². The monoisotopic (exact) mass is 242 g/mol. The zero-order valence-corrected chi connectivity index (χ0v) is 10.6. The van der Waals surface area contributed by atoms with Gasteiger partial charge in [-0.05, 0) is 24.1 Å². The lowest BCUT2D eigenvalue weighted by Gasteiger charge is -2.18. The fraction of sp³-hybridized carbons (Fsp3) is 0.545. The summed E-state index contributed by atoms with van der Waals surface area (Å²) in [4.78, 5) is 3.90. The average molecular weight is 242 g/mol. The molecule has 0 aliphatic heterocycles. The molecule has 1 aromatic rings. The maximum atomic E-state index is 11.9. The maximum absolute atomic E-state index is 11.9. The molecule has 90 valence electrons. The molecule has 1 aromatic heterocycles. The molecule has 0 amide bonds. The van der Waals surface area contributed by atoms with Crippen LogP contribution >= 0.6 is 0 Å². The Morgan fingerprint density at radius 3 is 2.25 bits per heavy atom. The summed E-state index contributed by atoms with van der Waals surface area (Å²) in [7, 11) is -3.11. The van der Waals surface area contributed by atoms with E-state index in [1.54, 1.807) is 12.4 Å². The zero-order valence-electron chi connectivity index (χ0n) is 9.76. The summed E-state index contributed by atoms with van der Waals surface area (Å²) in [5.41, 5.74) is 1.01. The Morgan fingerprint density at radius 1 is 1.19 bits per heavy atom. The molecule has 0 aromatic carbocycles. The van der Waals surface area contributed by atoms with Gasteiger partial charge in [0.25, 0.3) is 0 Å². The van der Waals surface area contributed by atoms with Crippen LogP contribution in [0.25, 0.3) is 0 Å². The first-order valence-corrected chi connectivity index (χ1v) is 7.07. The van der Waals surface area contributed by atoms with Crippen molar-refractivity contribution in [2.75, 3.05) is 18.8 Å². The highest BCUT2D eigenvalue weighted by molar-refractivity contribution is 7.89. The molecule has 0 bridgehead atoms. The third-order valence-corrected chi connectivity index (χ3v) is 4.52. The number of aromatic nitrogens is 1. The van der Waals surface area contributed by atoms with Crippen molar-refractivity contribution in [3.05, 3.63) is 30.1 Å². The van der Waals surface area contributed by atoms with Crippen LogP contribution in [-0.4, -0.2) is 36.5 Å².